The maximum atomic E-state index is 12.8. The molecule has 0 saturated heterocycles. The van der Waals surface area contributed by atoms with Crippen LogP contribution in [0.3, 0.4) is 0 Å². The van der Waals surface area contributed by atoms with E-state index in [0.29, 0.717) is 11.5 Å². The lowest BCUT2D eigenvalue weighted by atomic mass is 10.1. The van der Waals surface area contributed by atoms with Crippen LogP contribution in [0.1, 0.15) is 22.8 Å². The van der Waals surface area contributed by atoms with Crippen LogP contribution < -0.4 is 10.5 Å². The molecule has 0 radical (unpaired) electrons. The lowest BCUT2D eigenvalue weighted by molar-refractivity contribution is 0.0986. The third kappa shape index (κ3) is 2.31. The van der Waals surface area contributed by atoms with Crippen LogP contribution in [-0.2, 0) is 0 Å². The van der Waals surface area contributed by atoms with Gasteiger partial charge in [0.2, 0.25) is 0 Å². The first-order valence-electron chi connectivity index (χ1n) is 6.96. The van der Waals surface area contributed by atoms with Crippen LogP contribution in [0.15, 0.2) is 46.8 Å². The number of rotatable bonds is 3. The average Bonchev–Trinajstić information content (AvgIpc) is 2.99. The summed E-state index contributed by atoms with van der Waals surface area (Å²) in [5.74, 6) is -0.324. The van der Waals surface area contributed by atoms with Crippen LogP contribution in [0.5, 0.6) is 0 Å². The smallest absolute Gasteiger partial charge is 0.271 e. The summed E-state index contributed by atoms with van der Waals surface area (Å²) < 4.78 is 1.41. The van der Waals surface area contributed by atoms with Gasteiger partial charge in [-0.1, -0.05) is 18.2 Å². The highest BCUT2D eigenvalue weighted by Gasteiger charge is 2.21. The number of thiazole rings is 1. The largest absolute Gasteiger partial charge is 0.308 e. The van der Waals surface area contributed by atoms with Crippen LogP contribution in [-0.4, -0.2) is 21.8 Å². The second kappa shape index (κ2) is 5.73. The molecule has 3 rings (SSSR count). The number of anilines is 1. The molecule has 0 saturated carbocycles. The van der Waals surface area contributed by atoms with E-state index in [1.807, 2.05) is 38.1 Å². The summed E-state index contributed by atoms with van der Waals surface area (Å²) in [6.45, 7) is 4.31. The van der Waals surface area contributed by atoms with Gasteiger partial charge in [0, 0.05) is 30.0 Å². The van der Waals surface area contributed by atoms with Crippen molar-refractivity contribution in [2.75, 3.05) is 11.4 Å². The number of carbonyl (C=O) groups excluding carboxylic acids is 1. The van der Waals surface area contributed by atoms with Gasteiger partial charge in [-0.2, -0.15) is 0 Å². The number of benzene rings is 1. The maximum absolute atomic E-state index is 12.8. The van der Waals surface area contributed by atoms with E-state index >= 15 is 0 Å². The van der Waals surface area contributed by atoms with E-state index in [1.165, 1.54) is 21.9 Å². The van der Waals surface area contributed by atoms with Crippen molar-refractivity contribution >= 4 is 27.9 Å². The minimum absolute atomic E-state index is 0.0843. The van der Waals surface area contributed by atoms with Crippen molar-refractivity contribution in [3.8, 4) is 0 Å². The van der Waals surface area contributed by atoms with Gasteiger partial charge < -0.3 is 4.90 Å². The molecule has 2 heterocycles. The third-order valence-corrected chi connectivity index (χ3v) is 4.31. The van der Waals surface area contributed by atoms with Crippen LogP contribution in [0.25, 0.3) is 4.96 Å². The van der Waals surface area contributed by atoms with Crippen molar-refractivity contribution in [2.24, 2.45) is 0 Å². The monoisotopic (exact) mass is 313 g/mol. The number of amides is 1. The Balaban J connectivity index is 2.09. The Morgan fingerprint density at radius 1 is 1.36 bits per heavy atom. The van der Waals surface area contributed by atoms with E-state index in [1.54, 1.807) is 16.5 Å². The van der Waals surface area contributed by atoms with E-state index in [2.05, 4.69) is 4.98 Å². The highest BCUT2D eigenvalue weighted by atomic mass is 32.1. The number of fused-ring (bicyclic) bond motifs is 1. The number of nitrogens with zero attached hydrogens (tertiary/aromatic N) is 3. The minimum Gasteiger partial charge on any atom is -0.308 e. The maximum Gasteiger partial charge on any atom is 0.271 e. The average molecular weight is 313 g/mol. The summed E-state index contributed by atoms with van der Waals surface area (Å²) in [7, 11) is 0. The van der Waals surface area contributed by atoms with Gasteiger partial charge in [0.15, 0.2) is 4.96 Å². The van der Waals surface area contributed by atoms with Gasteiger partial charge in [0.25, 0.3) is 11.5 Å². The van der Waals surface area contributed by atoms with E-state index < -0.39 is 0 Å². The van der Waals surface area contributed by atoms with Gasteiger partial charge in [-0.25, -0.2) is 4.98 Å². The van der Waals surface area contributed by atoms with Crippen molar-refractivity contribution < 1.29 is 4.79 Å². The number of aromatic nitrogens is 2. The van der Waals surface area contributed by atoms with Crippen LogP contribution in [0.4, 0.5) is 5.69 Å². The molecular weight excluding hydrogens is 298 g/mol. The molecule has 0 aliphatic heterocycles. The van der Waals surface area contributed by atoms with Crippen LogP contribution >= 0.6 is 11.3 Å². The number of hydrogen-bond acceptors (Lipinski definition) is 4. The fraction of sp³-hybridized carbons (Fsp3) is 0.188. The Kier molecular flexibility index (Phi) is 3.77. The quantitative estimate of drug-likeness (QED) is 0.747. The SMILES string of the molecule is CCN(C(=O)c1cnc2sccn2c1=O)c1ccccc1C. The van der Waals surface area contributed by atoms with Crippen molar-refractivity contribution in [3.05, 3.63) is 63.5 Å². The molecule has 3 aromatic rings. The predicted molar refractivity (Wildman–Crippen MR) is 87.9 cm³/mol. The zero-order valence-corrected chi connectivity index (χ0v) is 13.1. The fourth-order valence-corrected chi connectivity index (χ4v) is 3.08. The molecular formula is C16H15N3O2S. The Morgan fingerprint density at radius 3 is 2.86 bits per heavy atom. The van der Waals surface area contributed by atoms with Crippen molar-refractivity contribution in [1.29, 1.82) is 0 Å². The summed E-state index contributed by atoms with van der Waals surface area (Å²) in [6, 6.07) is 7.62. The Bertz CT molecular complexity index is 898. The van der Waals surface area contributed by atoms with Crippen molar-refractivity contribution in [2.45, 2.75) is 13.8 Å². The first-order valence-corrected chi connectivity index (χ1v) is 7.83. The van der Waals surface area contributed by atoms with Crippen molar-refractivity contribution in [1.82, 2.24) is 9.38 Å². The molecule has 2 aromatic heterocycles. The van der Waals surface area contributed by atoms with Crippen LogP contribution in [0, 0.1) is 6.92 Å². The molecule has 112 valence electrons. The summed E-state index contributed by atoms with van der Waals surface area (Å²) in [5.41, 5.74) is 1.55. The van der Waals surface area contributed by atoms with Gasteiger partial charge in [-0.15, -0.1) is 11.3 Å². The molecule has 5 nitrogen and oxygen atoms in total. The summed E-state index contributed by atoms with van der Waals surface area (Å²) in [6.07, 6.45) is 3.01. The highest BCUT2D eigenvalue weighted by molar-refractivity contribution is 7.15. The molecule has 22 heavy (non-hydrogen) atoms. The molecule has 0 atom stereocenters. The molecule has 0 unspecified atom stereocenters. The number of para-hydroxylation sites is 1. The van der Waals surface area contributed by atoms with Gasteiger partial charge in [0.1, 0.15) is 5.56 Å². The molecule has 0 aliphatic carbocycles. The second-order valence-corrected chi connectivity index (χ2v) is 5.74. The standard InChI is InChI=1S/C16H15N3O2S/c1-3-18(13-7-5-4-6-11(13)2)14(20)12-10-17-16-19(15(12)21)8-9-22-16/h4-10H,3H2,1-2H3. The molecule has 0 spiro atoms. The van der Waals surface area contributed by atoms with E-state index in [-0.39, 0.29) is 17.0 Å². The molecule has 6 heteroatoms. The van der Waals surface area contributed by atoms with E-state index in [4.69, 9.17) is 0 Å². The van der Waals surface area contributed by atoms with Crippen LogP contribution in [0.2, 0.25) is 0 Å². The number of aryl methyl sites for hydroxylation is 1. The van der Waals surface area contributed by atoms with E-state index in [0.717, 1.165) is 11.3 Å². The normalized spacial score (nSPS) is 10.8. The topological polar surface area (TPSA) is 54.7 Å². The molecule has 0 aliphatic rings. The lowest BCUT2D eigenvalue weighted by Crippen LogP contribution is -2.36. The zero-order chi connectivity index (χ0) is 15.7. The number of carbonyl (C=O) groups is 1. The molecule has 1 amide bonds. The molecule has 1 aromatic carbocycles. The highest BCUT2D eigenvalue weighted by Crippen LogP contribution is 2.20. The Hall–Kier alpha value is -2.47. The summed E-state index contributed by atoms with van der Waals surface area (Å²) in [5, 5.41) is 1.77. The fourth-order valence-electron chi connectivity index (χ4n) is 2.41. The van der Waals surface area contributed by atoms with Gasteiger partial charge in [-0.05, 0) is 25.5 Å². The summed E-state index contributed by atoms with van der Waals surface area (Å²) >= 11 is 1.36. The second-order valence-electron chi connectivity index (χ2n) is 4.87. The van der Waals surface area contributed by atoms with E-state index in [9.17, 15) is 9.59 Å². The zero-order valence-electron chi connectivity index (χ0n) is 12.3. The van der Waals surface area contributed by atoms with Gasteiger partial charge in [-0.3, -0.25) is 14.0 Å². The van der Waals surface area contributed by atoms with Crippen molar-refractivity contribution in [3.63, 3.8) is 0 Å². The Labute approximate surface area is 131 Å². The van der Waals surface area contributed by atoms with Gasteiger partial charge in [0.05, 0.1) is 0 Å². The first-order chi connectivity index (χ1) is 10.6. The lowest BCUT2D eigenvalue weighted by Gasteiger charge is -2.22. The predicted octanol–water partition coefficient (Wildman–Crippen LogP) is 2.73. The number of hydrogen-bond donors (Lipinski definition) is 0. The minimum atomic E-state index is -0.330. The molecule has 0 fully saturated rings. The third-order valence-electron chi connectivity index (χ3n) is 3.54. The molecule has 0 bridgehead atoms. The Morgan fingerprint density at radius 2 is 2.14 bits per heavy atom. The molecule has 0 N–H and O–H groups in total. The first kappa shape index (κ1) is 14.5. The summed E-state index contributed by atoms with van der Waals surface area (Å²) in [4.78, 5) is 31.6. The van der Waals surface area contributed by atoms with Gasteiger partial charge >= 0.3 is 0 Å².